The van der Waals surface area contributed by atoms with Gasteiger partial charge in [0.2, 0.25) is 0 Å². The van der Waals surface area contributed by atoms with Crippen LogP contribution < -0.4 is 5.32 Å². The summed E-state index contributed by atoms with van der Waals surface area (Å²) in [7, 11) is -3.90. The number of benzene rings is 2. The number of amides is 1. The molecule has 1 aromatic heterocycles. The average molecular weight is 434 g/mol. The molecule has 1 atom stereocenters. The first kappa shape index (κ1) is 20.6. The average Bonchev–Trinajstić information content (AvgIpc) is 3.22. The molecule has 0 fully saturated rings. The monoisotopic (exact) mass is 434 g/mol. The van der Waals surface area contributed by atoms with E-state index in [0.29, 0.717) is 4.88 Å². The van der Waals surface area contributed by atoms with Gasteiger partial charge in [-0.3, -0.25) is 14.9 Å². The van der Waals surface area contributed by atoms with E-state index in [9.17, 15) is 27.7 Å². The summed E-state index contributed by atoms with van der Waals surface area (Å²) in [6.45, 7) is -0.212. The number of nitro benzene ring substituents is 1. The highest BCUT2D eigenvalue weighted by molar-refractivity contribution is 7.91. The number of nitro groups is 1. The zero-order chi connectivity index (χ0) is 21.0. The van der Waals surface area contributed by atoms with Gasteiger partial charge in [-0.05, 0) is 47.8 Å². The van der Waals surface area contributed by atoms with Crippen LogP contribution in [0.2, 0.25) is 0 Å². The van der Waals surface area contributed by atoms with Crippen LogP contribution in [0.4, 0.5) is 10.1 Å². The number of sulfone groups is 1. The number of hydrogen-bond donors (Lipinski definition) is 1. The van der Waals surface area contributed by atoms with Crippen molar-refractivity contribution in [3.63, 3.8) is 0 Å². The number of nitrogens with one attached hydrogen (secondary N) is 1. The number of rotatable bonds is 7. The van der Waals surface area contributed by atoms with Crippen LogP contribution in [-0.2, 0) is 9.84 Å². The van der Waals surface area contributed by atoms with Gasteiger partial charge in [0.05, 0.1) is 9.82 Å². The Hall–Kier alpha value is -3.11. The molecule has 3 rings (SSSR count). The lowest BCUT2D eigenvalue weighted by molar-refractivity contribution is -0.384. The quantitative estimate of drug-likeness (QED) is 0.346. The summed E-state index contributed by atoms with van der Waals surface area (Å²) in [5.74, 6) is -1.11. The second-order valence-corrected chi connectivity index (χ2v) is 9.13. The van der Waals surface area contributed by atoms with Crippen LogP contribution in [-0.4, -0.2) is 25.8 Å². The lowest BCUT2D eigenvalue weighted by Crippen LogP contribution is -2.31. The number of nitrogens with zero attached hydrogens (tertiary/aromatic N) is 1. The topological polar surface area (TPSA) is 106 Å². The Morgan fingerprint density at radius 3 is 2.31 bits per heavy atom. The molecule has 0 saturated carbocycles. The molecule has 1 N–H and O–H groups in total. The summed E-state index contributed by atoms with van der Waals surface area (Å²) < 4.78 is 39.3. The molecule has 7 nitrogen and oxygen atoms in total. The molecule has 0 radical (unpaired) electrons. The van der Waals surface area contributed by atoms with Gasteiger partial charge in [0.25, 0.3) is 11.6 Å². The van der Waals surface area contributed by atoms with Crippen molar-refractivity contribution >= 4 is 32.8 Å². The lowest BCUT2D eigenvalue weighted by Gasteiger charge is -2.17. The molecule has 0 unspecified atom stereocenters. The molecule has 0 aliphatic heterocycles. The Bertz CT molecular complexity index is 1110. The third-order valence-corrected chi connectivity index (χ3v) is 7.40. The van der Waals surface area contributed by atoms with Gasteiger partial charge in [-0.2, -0.15) is 0 Å². The highest BCUT2D eigenvalue weighted by Crippen LogP contribution is 2.31. The maximum Gasteiger partial charge on any atom is 0.269 e. The van der Waals surface area contributed by atoms with Gasteiger partial charge < -0.3 is 5.32 Å². The van der Waals surface area contributed by atoms with Crippen LogP contribution in [0.5, 0.6) is 0 Å². The van der Waals surface area contributed by atoms with E-state index in [4.69, 9.17) is 0 Å². The molecule has 0 saturated heterocycles. The van der Waals surface area contributed by atoms with Crippen LogP contribution in [0, 0.1) is 15.9 Å². The standard InChI is InChI=1S/C19H15FN2O5S2/c20-14-5-9-16(10-6-14)29(26,27)18(17-2-1-11-28-17)12-21-19(23)13-3-7-15(8-4-13)22(24)25/h1-11,18H,12H2,(H,21,23)/t18-/m1/s1. The molecular weight excluding hydrogens is 419 g/mol. The fourth-order valence-electron chi connectivity index (χ4n) is 2.65. The van der Waals surface area contributed by atoms with E-state index >= 15 is 0 Å². The van der Waals surface area contributed by atoms with Crippen molar-refractivity contribution in [2.24, 2.45) is 0 Å². The fraction of sp³-hybridized carbons (Fsp3) is 0.105. The van der Waals surface area contributed by atoms with Crippen LogP contribution in [0.3, 0.4) is 0 Å². The molecule has 2 aromatic carbocycles. The third kappa shape index (κ3) is 4.66. The van der Waals surface area contributed by atoms with Gasteiger partial charge in [-0.1, -0.05) is 6.07 Å². The van der Waals surface area contributed by atoms with Crippen molar-refractivity contribution in [2.45, 2.75) is 10.1 Å². The maximum absolute atomic E-state index is 13.2. The number of carbonyl (C=O) groups excluding carboxylic acids is 1. The number of hydrogen-bond acceptors (Lipinski definition) is 6. The van der Waals surface area contributed by atoms with Gasteiger partial charge in [-0.15, -0.1) is 11.3 Å². The minimum Gasteiger partial charge on any atom is -0.350 e. The molecule has 29 heavy (non-hydrogen) atoms. The predicted octanol–water partition coefficient (Wildman–Crippen LogP) is 3.74. The van der Waals surface area contributed by atoms with E-state index in [1.807, 2.05) is 0 Å². The van der Waals surface area contributed by atoms with Crippen LogP contribution in [0.1, 0.15) is 20.5 Å². The summed E-state index contributed by atoms with van der Waals surface area (Å²) in [5, 5.41) is 13.9. The van der Waals surface area contributed by atoms with Gasteiger partial charge in [0, 0.05) is 29.1 Å². The smallest absolute Gasteiger partial charge is 0.269 e. The third-order valence-electron chi connectivity index (χ3n) is 4.17. The molecule has 0 bridgehead atoms. The molecule has 3 aromatic rings. The molecule has 0 aliphatic carbocycles. The van der Waals surface area contributed by atoms with Crippen LogP contribution >= 0.6 is 11.3 Å². The minimum absolute atomic E-state index is 0.0538. The Balaban J connectivity index is 1.82. The molecule has 10 heteroatoms. The number of thiophene rings is 1. The summed E-state index contributed by atoms with van der Waals surface area (Å²) in [4.78, 5) is 23.0. The zero-order valence-corrected chi connectivity index (χ0v) is 16.5. The fourth-order valence-corrected chi connectivity index (χ4v) is 5.43. The van der Waals surface area contributed by atoms with E-state index in [0.717, 1.165) is 12.1 Å². The van der Waals surface area contributed by atoms with Crippen molar-refractivity contribution in [1.29, 1.82) is 0 Å². The van der Waals surface area contributed by atoms with Gasteiger partial charge >= 0.3 is 0 Å². The normalized spacial score (nSPS) is 12.3. The molecule has 0 spiro atoms. The molecule has 1 amide bonds. The first-order valence-electron chi connectivity index (χ1n) is 8.34. The van der Waals surface area contributed by atoms with E-state index < -0.39 is 31.7 Å². The van der Waals surface area contributed by atoms with E-state index in [1.165, 1.54) is 47.7 Å². The summed E-state index contributed by atoms with van der Waals surface area (Å²) in [5.41, 5.74) is 0.0107. The lowest BCUT2D eigenvalue weighted by atomic mass is 10.2. The molecular formula is C19H15FN2O5S2. The zero-order valence-electron chi connectivity index (χ0n) is 14.8. The highest BCUT2D eigenvalue weighted by Gasteiger charge is 2.30. The first-order chi connectivity index (χ1) is 13.8. The van der Waals surface area contributed by atoms with Crippen molar-refractivity contribution in [3.8, 4) is 0 Å². The molecule has 1 heterocycles. The van der Waals surface area contributed by atoms with Gasteiger partial charge in [0.15, 0.2) is 9.84 Å². The Labute approximate surface area is 169 Å². The van der Waals surface area contributed by atoms with Gasteiger partial charge in [0.1, 0.15) is 11.1 Å². The summed E-state index contributed by atoms with van der Waals surface area (Å²) in [6, 6.07) is 12.8. The predicted molar refractivity (Wildman–Crippen MR) is 106 cm³/mol. The van der Waals surface area contributed by atoms with Crippen molar-refractivity contribution in [3.05, 3.63) is 92.4 Å². The van der Waals surface area contributed by atoms with Gasteiger partial charge in [-0.25, -0.2) is 12.8 Å². The van der Waals surface area contributed by atoms with E-state index in [1.54, 1.807) is 17.5 Å². The Morgan fingerprint density at radius 2 is 1.76 bits per heavy atom. The second kappa shape index (κ2) is 8.50. The Morgan fingerprint density at radius 1 is 1.10 bits per heavy atom. The SMILES string of the molecule is O=C(NC[C@H](c1cccs1)S(=O)(=O)c1ccc(F)cc1)c1ccc([N+](=O)[O-])cc1. The van der Waals surface area contributed by atoms with E-state index in [2.05, 4.69) is 5.32 Å². The summed E-state index contributed by atoms with van der Waals surface area (Å²) in [6.07, 6.45) is 0. The second-order valence-electron chi connectivity index (χ2n) is 6.02. The first-order valence-corrected chi connectivity index (χ1v) is 10.8. The van der Waals surface area contributed by atoms with Crippen molar-refractivity contribution < 1.29 is 22.5 Å². The molecule has 150 valence electrons. The van der Waals surface area contributed by atoms with Crippen molar-refractivity contribution in [2.75, 3.05) is 6.54 Å². The largest absolute Gasteiger partial charge is 0.350 e. The number of halogens is 1. The molecule has 0 aliphatic rings. The van der Waals surface area contributed by atoms with Crippen LogP contribution in [0.15, 0.2) is 70.9 Å². The van der Waals surface area contributed by atoms with Crippen molar-refractivity contribution in [1.82, 2.24) is 5.32 Å². The van der Waals surface area contributed by atoms with Crippen LogP contribution in [0.25, 0.3) is 0 Å². The summed E-state index contributed by atoms with van der Waals surface area (Å²) >= 11 is 1.23. The highest BCUT2D eigenvalue weighted by atomic mass is 32.2. The Kier molecular flexibility index (Phi) is 6.04. The number of non-ortho nitro benzene ring substituents is 1. The maximum atomic E-state index is 13.2. The number of carbonyl (C=O) groups is 1. The minimum atomic E-state index is -3.90. The van der Waals surface area contributed by atoms with E-state index in [-0.39, 0.29) is 22.7 Å².